The summed E-state index contributed by atoms with van der Waals surface area (Å²) in [6, 6.07) is 16.7. The first-order chi connectivity index (χ1) is 11.6. The molecule has 0 radical (unpaired) electrons. The van der Waals surface area contributed by atoms with Crippen molar-refractivity contribution in [3.63, 3.8) is 0 Å². The van der Waals surface area contributed by atoms with Crippen LogP contribution in [0.5, 0.6) is 5.75 Å². The Labute approximate surface area is 168 Å². The zero-order valence-electron chi connectivity index (χ0n) is 15.4. The first kappa shape index (κ1) is 21.3. The summed E-state index contributed by atoms with van der Waals surface area (Å²) in [6.07, 6.45) is 0. The average Bonchev–Trinajstić information content (AvgIpc) is 2.62. The average molecular weight is 453 g/mol. The molecule has 0 spiro atoms. The summed E-state index contributed by atoms with van der Waals surface area (Å²) in [5.74, 6) is 2.09. The molecule has 0 bridgehead atoms. The number of benzene rings is 2. The van der Waals surface area contributed by atoms with E-state index in [2.05, 4.69) is 59.8 Å². The van der Waals surface area contributed by atoms with Gasteiger partial charge in [0.2, 0.25) is 0 Å². The molecule has 2 rings (SSSR count). The predicted octanol–water partition coefficient (Wildman–Crippen LogP) is 4.09. The van der Waals surface area contributed by atoms with E-state index >= 15 is 0 Å². The molecule has 0 aliphatic heterocycles. The third-order valence-electron chi connectivity index (χ3n) is 4.04. The van der Waals surface area contributed by atoms with E-state index in [1.165, 1.54) is 11.1 Å². The molecule has 0 amide bonds. The van der Waals surface area contributed by atoms with Gasteiger partial charge in [-0.3, -0.25) is 4.99 Å². The number of aryl methyl sites for hydroxylation is 1. The molecule has 2 aromatic rings. The van der Waals surface area contributed by atoms with Crippen LogP contribution in [0.15, 0.2) is 53.5 Å². The first-order valence-electron chi connectivity index (χ1n) is 8.26. The van der Waals surface area contributed by atoms with Crippen LogP contribution in [0, 0.1) is 6.92 Å². The van der Waals surface area contributed by atoms with Crippen molar-refractivity contribution >= 4 is 29.9 Å². The number of nitrogens with zero attached hydrogens (tertiary/aromatic N) is 1. The molecule has 5 heteroatoms. The third-order valence-corrected chi connectivity index (χ3v) is 4.04. The van der Waals surface area contributed by atoms with Gasteiger partial charge in [-0.05, 0) is 36.1 Å². The minimum atomic E-state index is 0. The quantitative estimate of drug-likeness (QED) is 0.394. The molecule has 0 aliphatic rings. The molecule has 2 N–H and O–H groups in total. The van der Waals surface area contributed by atoms with Crippen molar-refractivity contribution in [2.45, 2.75) is 26.3 Å². The molecule has 4 nitrogen and oxygen atoms in total. The highest BCUT2D eigenvalue weighted by Gasteiger charge is 2.06. The molecular weight excluding hydrogens is 425 g/mol. The third kappa shape index (κ3) is 6.94. The predicted molar refractivity (Wildman–Crippen MR) is 116 cm³/mol. The van der Waals surface area contributed by atoms with Gasteiger partial charge in [0.25, 0.3) is 0 Å². The monoisotopic (exact) mass is 453 g/mol. The van der Waals surface area contributed by atoms with E-state index in [4.69, 9.17) is 4.74 Å². The maximum atomic E-state index is 5.25. The fourth-order valence-electron chi connectivity index (χ4n) is 2.45. The van der Waals surface area contributed by atoms with Gasteiger partial charge >= 0.3 is 0 Å². The van der Waals surface area contributed by atoms with Gasteiger partial charge in [-0.25, -0.2) is 0 Å². The highest BCUT2D eigenvalue weighted by molar-refractivity contribution is 14.0. The lowest BCUT2D eigenvalue weighted by Gasteiger charge is -2.17. The van der Waals surface area contributed by atoms with Crippen LogP contribution in [0.25, 0.3) is 0 Å². The van der Waals surface area contributed by atoms with Crippen molar-refractivity contribution in [2.24, 2.45) is 4.99 Å². The molecular formula is C20H28IN3O. The SMILES string of the molecule is CN=C(NCc1cccc(OC)c1)NCC(C)c1ccc(C)cc1.I. The molecule has 2 aromatic carbocycles. The van der Waals surface area contributed by atoms with Crippen molar-refractivity contribution in [2.75, 3.05) is 20.7 Å². The van der Waals surface area contributed by atoms with Gasteiger partial charge in [0, 0.05) is 20.1 Å². The van der Waals surface area contributed by atoms with Crippen LogP contribution in [0.4, 0.5) is 0 Å². The number of ether oxygens (including phenoxy) is 1. The summed E-state index contributed by atoms with van der Waals surface area (Å²) in [7, 11) is 3.47. The zero-order valence-corrected chi connectivity index (χ0v) is 17.7. The lowest BCUT2D eigenvalue weighted by atomic mass is 10.0. The van der Waals surface area contributed by atoms with Crippen LogP contribution in [0.2, 0.25) is 0 Å². The molecule has 0 saturated heterocycles. The van der Waals surface area contributed by atoms with E-state index < -0.39 is 0 Å². The van der Waals surface area contributed by atoms with Gasteiger partial charge in [-0.15, -0.1) is 24.0 Å². The van der Waals surface area contributed by atoms with E-state index in [-0.39, 0.29) is 24.0 Å². The highest BCUT2D eigenvalue weighted by Crippen LogP contribution is 2.15. The second-order valence-electron chi connectivity index (χ2n) is 5.97. The number of rotatable bonds is 6. The Morgan fingerprint density at radius 2 is 1.84 bits per heavy atom. The smallest absolute Gasteiger partial charge is 0.191 e. The Hall–Kier alpha value is -1.76. The molecule has 136 valence electrons. The number of guanidine groups is 1. The Morgan fingerprint density at radius 3 is 2.48 bits per heavy atom. The number of hydrogen-bond donors (Lipinski definition) is 2. The fourth-order valence-corrected chi connectivity index (χ4v) is 2.45. The van der Waals surface area contributed by atoms with Gasteiger partial charge in [0.05, 0.1) is 7.11 Å². The summed E-state index contributed by atoms with van der Waals surface area (Å²) in [5.41, 5.74) is 3.77. The van der Waals surface area contributed by atoms with Crippen molar-refractivity contribution in [3.8, 4) is 5.75 Å². The number of aliphatic imine (C=N–C) groups is 1. The van der Waals surface area contributed by atoms with Crippen molar-refractivity contribution in [1.29, 1.82) is 0 Å². The highest BCUT2D eigenvalue weighted by atomic mass is 127. The van der Waals surface area contributed by atoms with Crippen molar-refractivity contribution < 1.29 is 4.74 Å². The fraction of sp³-hybridized carbons (Fsp3) is 0.350. The normalized spacial score (nSPS) is 12.1. The largest absolute Gasteiger partial charge is 0.497 e. The standard InChI is InChI=1S/C20H27N3O.HI/c1-15-8-10-18(11-9-15)16(2)13-22-20(21-3)23-14-17-6-5-7-19(12-17)24-4;/h5-12,16H,13-14H2,1-4H3,(H2,21,22,23);1H. The van der Waals surface area contributed by atoms with Crippen molar-refractivity contribution in [1.82, 2.24) is 10.6 Å². The molecule has 1 atom stereocenters. The number of halogens is 1. The Balaban J connectivity index is 0.00000312. The number of methoxy groups -OCH3 is 1. The van der Waals surface area contributed by atoms with Crippen molar-refractivity contribution in [3.05, 3.63) is 65.2 Å². The Morgan fingerprint density at radius 1 is 1.12 bits per heavy atom. The second kappa shape index (κ2) is 11.0. The van der Waals surface area contributed by atoms with Gasteiger partial charge in [-0.2, -0.15) is 0 Å². The van der Waals surface area contributed by atoms with Gasteiger partial charge in [0.15, 0.2) is 5.96 Å². The van der Waals surface area contributed by atoms with E-state index in [1.807, 2.05) is 18.2 Å². The lowest BCUT2D eigenvalue weighted by Crippen LogP contribution is -2.38. The summed E-state index contributed by atoms with van der Waals surface area (Å²) < 4.78 is 5.25. The van der Waals surface area contributed by atoms with E-state index in [0.717, 1.165) is 23.8 Å². The molecule has 0 aliphatic carbocycles. The maximum Gasteiger partial charge on any atom is 0.191 e. The molecule has 0 fully saturated rings. The second-order valence-corrected chi connectivity index (χ2v) is 5.97. The Bertz CT molecular complexity index is 671. The molecule has 1 unspecified atom stereocenters. The van der Waals surface area contributed by atoms with Gasteiger partial charge in [-0.1, -0.05) is 48.9 Å². The number of nitrogens with one attached hydrogen (secondary N) is 2. The van der Waals surface area contributed by atoms with E-state index in [1.54, 1.807) is 14.2 Å². The summed E-state index contributed by atoms with van der Waals surface area (Å²) in [5, 5.41) is 6.73. The Kier molecular flexibility index (Phi) is 9.34. The van der Waals surface area contributed by atoms with Crippen LogP contribution >= 0.6 is 24.0 Å². The summed E-state index contributed by atoms with van der Waals surface area (Å²) in [4.78, 5) is 4.29. The molecule has 0 saturated carbocycles. The minimum absolute atomic E-state index is 0. The summed E-state index contributed by atoms with van der Waals surface area (Å²) >= 11 is 0. The van der Waals surface area contributed by atoms with Crippen LogP contribution < -0.4 is 15.4 Å². The van der Waals surface area contributed by atoms with Gasteiger partial charge < -0.3 is 15.4 Å². The maximum absolute atomic E-state index is 5.25. The van der Waals surface area contributed by atoms with Crippen LogP contribution in [0.3, 0.4) is 0 Å². The molecule has 25 heavy (non-hydrogen) atoms. The molecule has 0 heterocycles. The minimum Gasteiger partial charge on any atom is -0.497 e. The first-order valence-corrected chi connectivity index (χ1v) is 8.26. The lowest BCUT2D eigenvalue weighted by molar-refractivity contribution is 0.414. The van der Waals surface area contributed by atoms with Crippen LogP contribution in [-0.2, 0) is 6.54 Å². The van der Waals surface area contributed by atoms with Crippen LogP contribution in [-0.4, -0.2) is 26.7 Å². The summed E-state index contributed by atoms with van der Waals surface area (Å²) in [6.45, 7) is 5.86. The van der Waals surface area contributed by atoms with E-state index in [0.29, 0.717) is 12.5 Å². The topological polar surface area (TPSA) is 45.7 Å². The van der Waals surface area contributed by atoms with Gasteiger partial charge in [0.1, 0.15) is 5.75 Å². The molecule has 0 aromatic heterocycles. The van der Waals surface area contributed by atoms with Crippen LogP contribution in [0.1, 0.15) is 29.5 Å². The number of hydrogen-bond acceptors (Lipinski definition) is 2. The zero-order chi connectivity index (χ0) is 17.4. The van der Waals surface area contributed by atoms with E-state index in [9.17, 15) is 0 Å².